The number of hydrogen-bond donors (Lipinski definition) is 0. The Morgan fingerprint density at radius 3 is 1.19 bits per heavy atom. The van der Waals surface area contributed by atoms with Crippen molar-refractivity contribution in [3.63, 3.8) is 0 Å². The molecule has 114 valence electrons. The third kappa shape index (κ3) is 0.109. The van der Waals surface area contributed by atoms with Crippen molar-refractivity contribution < 1.29 is 6.51 Å². The summed E-state index contributed by atoms with van der Waals surface area (Å²) in [7, 11) is 0. The van der Waals surface area contributed by atoms with Crippen molar-refractivity contribution in [3.8, 4) is 0 Å². The van der Waals surface area contributed by atoms with E-state index in [0.29, 0.717) is 0 Å². The van der Waals surface area contributed by atoms with Crippen LogP contribution >= 0.6 is 0 Å². The molecule has 2 saturated carbocycles. The van der Waals surface area contributed by atoms with E-state index in [2.05, 4.69) is 0 Å². The molecule has 10 heterocycles. The summed E-state index contributed by atoms with van der Waals surface area (Å²) >= 11 is 0. The molecular formula is C20H26Fe. The Morgan fingerprint density at radius 2 is 0.905 bits per heavy atom. The van der Waals surface area contributed by atoms with Gasteiger partial charge in [-0.05, 0) is 0 Å². The fourth-order valence-electron chi connectivity index (χ4n) is 22.0. The van der Waals surface area contributed by atoms with E-state index < -0.39 is 6.51 Å². The molecule has 0 amide bonds. The molecule has 10 saturated heterocycles. The van der Waals surface area contributed by atoms with E-state index in [9.17, 15) is 0 Å². The fourth-order valence-corrected chi connectivity index (χ4v) is 101. The fraction of sp³-hybridized carbons (Fsp3) is 1.00. The van der Waals surface area contributed by atoms with E-state index in [0.717, 1.165) is 0 Å². The molecule has 10 aliphatic heterocycles. The van der Waals surface area contributed by atoms with Gasteiger partial charge in [-0.15, -0.1) is 0 Å². The first kappa shape index (κ1) is 8.57. The average Bonchev–Trinajstić information content (AvgIpc) is 3.40. The van der Waals surface area contributed by atoms with Gasteiger partial charge in [-0.3, -0.25) is 0 Å². The molecule has 0 aromatic carbocycles. The molecule has 12 aliphatic rings. The minimum atomic E-state index is -2.96. The Kier molecular flexibility index (Phi) is 0.350. The predicted molar refractivity (Wildman–Crippen MR) is 79.3 cm³/mol. The van der Waals surface area contributed by atoms with E-state index in [1.54, 1.807) is 89.9 Å². The molecule has 4 unspecified atom stereocenters. The van der Waals surface area contributed by atoms with Crippen LogP contribution in [0.3, 0.4) is 0 Å². The van der Waals surface area contributed by atoms with E-state index >= 15 is 0 Å². The van der Waals surface area contributed by atoms with Gasteiger partial charge in [0.25, 0.3) is 0 Å². The zero-order valence-electron chi connectivity index (χ0n) is 12.8. The molecular weight excluding hydrogens is 296 g/mol. The third-order valence-corrected chi connectivity index (χ3v) is 62.6. The van der Waals surface area contributed by atoms with Crippen LogP contribution in [0.4, 0.5) is 0 Å². The van der Waals surface area contributed by atoms with E-state index in [4.69, 9.17) is 0 Å². The first-order valence-corrected chi connectivity index (χ1v) is 16.6. The van der Waals surface area contributed by atoms with Gasteiger partial charge in [-0.1, -0.05) is 0 Å². The van der Waals surface area contributed by atoms with Gasteiger partial charge in [-0.2, -0.15) is 0 Å². The molecule has 0 radical (unpaired) electrons. The summed E-state index contributed by atoms with van der Waals surface area (Å²) in [4.78, 5) is 12.5. The quantitative estimate of drug-likeness (QED) is 0.509. The van der Waals surface area contributed by atoms with Crippen molar-refractivity contribution in [3.05, 3.63) is 0 Å². The van der Waals surface area contributed by atoms with E-state index in [-0.39, 0.29) is 0 Å². The number of rotatable bonds is 2. The summed E-state index contributed by atoms with van der Waals surface area (Å²) in [6.07, 6.45) is 13.4. The number of fused-ring (bicyclic) bond motifs is 10. The Balaban J connectivity index is 1.41. The van der Waals surface area contributed by atoms with E-state index in [1.807, 2.05) is 0 Å². The van der Waals surface area contributed by atoms with Crippen LogP contribution in [0.25, 0.3) is 0 Å². The van der Waals surface area contributed by atoms with Gasteiger partial charge in [0, 0.05) is 0 Å². The molecule has 0 bridgehead atoms. The van der Waals surface area contributed by atoms with Crippen molar-refractivity contribution in [2.45, 2.75) is 98.5 Å². The molecule has 2 aliphatic carbocycles. The van der Waals surface area contributed by atoms with Crippen LogP contribution in [0.2, 0.25) is 47.2 Å². The first-order chi connectivity index (χ1) is 10.1. The Bertz CT molecular complexity index is 1010. The van der Waals surface area contributed by atoms with Crippen molar-refractivity contribution in [1.82, 2.24) is 0 Å². The summed E-state index contributed by atoms with van der Waals surface area (Å²) in [5.41, 5.74) is 0. The van der Waals surface area contributed by atoms with Crippen LogP contribution in [0.15, 0.2) is 0 Å². The Hall–Kier alpha value is 0.519. The predicted octanol–water partition coefficient (Wildman–Crippen LogP) is 6.50. The molecule has 0 aromatic heterocycles. The second kappa shape index (κ2) is 0.857. The van der Waals surface area contributed by atoms with Gasteiger partial charge in [0.15, 0.2) is 0 Å². The molecule has 0 aromatic rings. The molecule has 0 N–H and O–H groups in total. The zero-order valence-corrected chi connectivity index (χ0v) is 13.9. The molecule has 1 heteroatoms. The molecule has 1 spiro atoms. The normalized spacial score (nSPS) is 112. The summed E-state index contributed by atoms with van der Waals surface area (Å²) in [5.74, 6) is 2.67. The van der Waals surface area contributed by atoms with Crippen molar-refractivity contribution in [2.24, 2.45) is 11.8 Å². The van der Waals surface area contributed by atoms with Gasteiger partial charge in [0.2, 0.25) is 0 Å². The molecule has 12 rings (SSSR count). The molecule has 4 atom stereocenters. The van der Waals surface area contributed by atoms with Crippen molar-refractivity contribution in [1.29, 1.82) is 0 Å². The standard InChI is InChI=1S/C15H21.C5H5.Fe/c1-2-7-12(6-1)14-10-5-11-15(14)13-8-3-4-9-13;1-2-4-5-3-1;/h5,10-13H,1-4,6-9H2;1-5H;. The topological polar surface area (TPSA) is 0 Å². The first-order valence-electron chi connectivity index (χ1n) is 10.4. The van der Waals surface area contributed by atoms with Crippen LogP contribution in [-0.4, -0.2) is 0 Å². The van der Waals surface area contributed by atoms with Crippen molar-refractivity contribution >= 4 is 0 Å². The average molecular weight is 322 g/mol. The van der Waals surface area contributed by atoms with Gasteiger partial charge < -0.3 is 0 Å². The molecule has 12 fully saturated rings. The number of hydrogen-bond acceptors (Lipinski definition) is 0. The second-order valence-electron chi connectivity index (χ2n) is 13.8. The monoisotopic (exact) mass is 322 g/mol. The third-order valence-electron chi connectivity index (χ3n) is 19.0. The van der Waals surface area contributed by atoms with Crippen molar-refractivity contribution in [2.75, 3.05) is 0 Å². The van der Waals surface area contributed by atoms with Crippen LogP contribution in [-0.2, 0) is 6.51 Å². The van der Waals surface area contributed by atoms with Gasteiger partial charge in [0.1, 0.15) is 0 Å². The Labute approximate surface area is 117 Å². The molecule has 21 heavy (non-hydrogen) atoms. The minimum absolute atomic E-state index is 1.23. The Morgan fingerprint density at radius 1 is 0.524 bits per heavy atom. The second-order valence-corrected chi connectivity index (χ2v) is 37.1. The zero-order chi connectivity index (χ0) is 12.7. The van der Waals surface area contributed by atoms with Crippen LogP contribution in [0.5, 0.6) is 0 Å². The van der Waals surface area contributed by atoms with Crippen LogP contribution in [0, 0.1) is 11.8 Å². The van der Waals surface area contributed by atoms with Crippen LogP contribution in [0.1, 0.15) is 51.4 Å². The summed E-state index contributed by atoms with van der Waals surface area (Å²) in [5, 5.41) is 0. The summed E-state index contributed by atoms with van der Waals surface area (Å²) in [6.45, 7) is -2.96. The molecule has 0 nitrogen and oxygen atoms in total. The summed E-state index contributed by atoms with van der Waals surface area (Å²) in [6, 6.07) is 0. The summed E-state index contributed by atoms with van der Waals surface area (Å²) < 4.78 is 2.47. The van der Waals surface area contributed by atoms with Gasteiger partial charge >= 0.3 is 117 Å². The maximum absolute atomic E-state index is 2.96. The van der Waals surface area contributed by atoms with Gasteiger partial charge in [0.05, 0.1) is 0 Å². The van der Waals surface area contributed by atoms with Gasteiger partial charge in [-0.25, -0.2) is 0 Å². The maximum atomic E-state index is 1.72. The van der Waals surface area contributed by atoms with Crippen LogP contribution < -0.4 is 0 Å². The van der Waals surface area contributed by atoms with E-state index in [1.165, 1.54) is 20.5 Å². The SMILES string of the molecule is C1CCC([C]23[CH]4[CH]5[CH]6[C]2(C2CCCC2)[Fe]54632789[CH]3[CH]2[CH]7[CH]8[CH]39)C1.